The van der Waals surface area contributed by atoms with Gasteiger partial charge in [0.1, 0.15) is 5.75 Å². The number of benzene rings is 1. The highest BCUT2D eigenvalue weighted by molar-refractivity contribution is 6.38. The van der Waals surface area contributed by atoms with Crippen LogP contribution in [0.3, 0.4) is 0 Å². The summed E-state index contributed by atoms with van der Waals surface area (Å²) >= 11 is 11.6. The Morgan fingerprint density at radius 2 is 1.79 bits per heavy atom. The van der Waals surface area contributed by atoms with Gasteiger partial charge in [-0.2, -0.15) is 0 Å². The number of carbonyl (C=O) groups excluding carboxylic acids is 1. The number of ether oxygens (including phenoxy) is 1. The van der Waals surface area contributed by atoms with E-state index in [1.807, 2.05) is 13.8 Å². The van der Waals surface area contributed by atoms with Crippen LogP contribution in [0, 0.1) is 0 Å². The highest BCUT2D eigenvalue weighted by atomic mass is 35.5. The van der Waals surface area contributed by atoms with Crippen molar-refractivity contribution in [3.8, 4) is 5.75 Å². The van der Waals surface area contributed by atoms with Crippen LogP contribution in [-0.2, 0) is 0 Å². The molecule has 0 aromatic heterocycles. The van der Waals surface area contributed by atoms with Crippen LogP contribution in [0.5, 0.6) is 5.75 Å². The molecule has 0 bridgehead atoms. The van der Waals surface area contributed by atoms with Crippen LogP contribution in [0.1, 0.15) is 24.2 Å². The van der Waals surface area contributed by atoms with E-state index < -0.39 is 0 Å². The quantitative estimate of drug-likeness (QED) is 0.745. The third-order valence-corrected chi connectivity index (χ3v) is 2.17. The summed E-state index contributed by atoms with van der Waals surface area (Å²) in [5, 5.41) is 0.617. The van der Waals surface area contributed by atoms with Crippen molar-refractivity contribution in [1.82, 2.24) is 0 Å². The van der Waals surface area contributed by atoms with Crippen LogP contribution in [0.25, 0.3) is 0 Å². The zero-order valence-electron chi connectivity index (χ0n) is 7.88. The summed E-state index contributed by atoms with van der Waals surface area (Å²) in [5.41, 5.74) is 0.296. The molecule has 0 amide bonds. The molecule has 0 N–H and O–H groups in total. The molecule has 0 heterocycles. The summed E-state index contributed by atoms with van der Waals surface area (Å²) in [5.74, 6) is 0.570. The molecule has 0 fully saturated rings. The molecule has 0 spiro atoms. The summed E-state index contributed by atoms with van der Waals surface area (Å²) < 4.78 is 5.39. The molecular weight excluding hydrogens is 223 g/mol. The van der Waals surface area contributed by atoms with Gasteiger partial charge in [-0.1, -0.05) is 23.2 Å². The van der Waals surface area contributed by atoms with Crippen molar-refractivity contribution in [3.63, 3.8) is 0 Å². The average Bonchev–Trinajstić information content (AvgIpc) is 2.01. The van der Waals surface area contributed by atoms with Gasteiger partial charge >= 0.3 is 0 Å². The highest BCUT2D eigenvalue weighted by Crippen LogP contribution is 2.29. The molecule has 0 aliphatic heterocycles. The lowest BCUT2D eigenvalue weighted by Gasteiger charge is -2.11. The van der Waals surface area contributed by atoms with E-state index in [4.69, 9.17) is 27.9 Å². The Morgan fingerprint density at radius 3 is 2.14 bits per heavy atom. The van der Waals surface area contributed by atoms with E-state index in [9.17, 15) is 4.79 Å². The second-order valence-electron chi connectivity index (χ2n) is 3.09. The number of aldehydes is 1. The minimum absolute atomic E-state index is 0.0456. The van der Waals surface area contributed by atoms with Gasteiger partial charge in [-0.15, -0.1) is 0 Å². The lowest BCUT2D eigenvalue weighted by atomic mass is 10.2. The Kier molecular flexibility index (Phi) is 3.78. The molecule has 1 aromatic rings. The first-order valence-corrected chi connectivity index (χ1v) is 4.91. The smallest absolute Gasteiger partial charge is 0.153 e. The first kappa shape index (κ1) is 11.3. The Hall–Kier alpha value is -0.730. The third-order valence-electron chi connectivity index (χ3n) is 1.54. The number of carbonyl (C=O) groups is 1. The molecule has 1 aromatic carbocycles. The maximum absolute atomic E-state index is 10.6. The van der Waals surface area contributed by atoms with Gasteiger partial charge in [0, 0.05) is 0 Å². The fourth-order valence-corrected chi connectivity index (χ4v) is 1.57. The van der Waals surface area contributed by atoms with Gasteiger partial charge in [-0.05, 0) is 26.0 Å². The molecule has 14 heavy (non-hydrogen) atoms. The summed E-state index contributed by atoms with van der Waals surface area (Å²) in [7, 11) is 0. The van der Waals surface area contributed by atoms with Crippen LogP contribution in [0.2, 0.25) is 10.0 Å². The van der Waals surface area contributed by atoms with Gasteiger partial charge < -0.3 is 4.74 Å². The average molecular weight is 233 g/mol. The summed E-state index contributed by atoms with van der Waals surface area (Å²) in [6.07, 6.45) is 0.674. The monoisotopic (exact) mass is 232 g/mol. The SMILES string of the molecule is CC(C)Oc1cc(Cl)c(C=O)c(Cl)c1. The molecule has 0 aliphatic rings. The first-order chi connectivity index (χ1) is 6.54. The van der Waals surface area contributed by atoms with Gasteiger partial charge in [-0.3, -0.25) is 4.79 Å². The molecule has 0 unspecified atom stereocenters. The molecule has 1 rings (SSSR count). The Morgan fingerprint density at radius 1 is 1.29 bits per heavy atom. The number of halogens is 2. The molecule has 2 nitrogen and oxygen atoms in total. The highest BCUT2D eigenvalue weighted by Gasteiger charge is 2.08. The van der Waals surface area contributed by atoms with Crippen molar-refractivity contribution in [2.24, 2.45) is 0 Å². The second-order valence-corrected chi connectivity index (χ2v) is 3.90. The first-order valence-electron chi connectivity index (χ1n) is 4.15. The van der Waals surface area contributed by atoms with E-state index in [0.29, 0.717) is 27.6 Å². The summed E-state index contributed by atoms with van der Waals surface area (Å²) in [6.45, 7) is 3.80. The zero-order chi connectivity index (χ0) is 10.7. The summed E-state index contributed by atoms with van der Waals surface area (Å²) in [4.78, 5) is 10.6. The lowest BCUT2D eigenvalue weighted by Crippen LogP contribution is -2.05. The summed E-state index contributed by atoms with van der Waals surface area (Å²) in [6, 6.07) is 3.16. The van der Waals surface area contributed by atoms with Gasteiger partial charge in [-0.25, -0.2) is 0 Å². The van der Waals surface area contributed by atoms with Crippen molar-refractivity contribution in [2.75, 3.05) is 0 Å². The molecule has 0 saturated heterocycles. The fourth-order valence-electron chi connectivity index (χ4n) is 1.01. The maximum atomic E-state index is 10.6. The van der Waals surface area contributed by atoms with Gasteiger partial charge in [0.25, 0.3) is 0 Å². The molecule has 0 radical (unpaired) electrons. The van der Waals surface area contributed by atoms with E-state index in [-0.39, 0.29) is 6.10 Å². The van der Waals surface area contributed by atoms with Crippen molar-refractivity contribution in [1.29, 1.82) is 0 Å². The molecule has 0 atom stereocenters. The van der Waals surface area contributed by atoms with E-state index in [0.717, 1.165) is 0 Å². The predicted octanol–water partition coefficient (Wildman–Crippen LogP) is 3.59. The fraction of sp³-hybridized carbons (Fsp3) is 0.300. The van der Waals surface area contributed by atoms with Crippen molar-refractivity contribution in [3.05, 3.63) is 27.7 Å². The Labute approximate surface area is 92.8 Å². The van der Waals surface area contributed by atoms with Gasteiger partial charge in [0.05, 0.1) is 21.7 Å². The molecule has 0 saturated carbocycles. The topological polar surface area (TPSA) is 26.3 Å². The lowest BCUT2D eigenvalue weighted by molar-refractivity contribution is 0.112. The minimum atomic E-state index is 0.0456. The predicted molar refractivity (Wildman–Crippen MR) is 57.6 cm³/mol. The van der Waals surface area contributed by atoms with Gasteiger partial charge in [0.15, 0.2) is 6.29 Å². The van der Waals surface area contributed by atoms with Crippen LogP contribution in [0.4, 0.5) is 0 Å². The van der Waals surface area contributed by atoms with E-state index in [1.165, 1.54) is 0 Å². The normalized spacial score (nSPS) is 10.4. The number of hydrogen-bond acceptors (Lipinski definition) is 2. The van der Waals surface area contributed by atoms with Crippen LogP contribution in [0.15, 0.2) is 12.1 Å². The second kappa shape index (κ2) is 4.67. The van der Waals surface area contributed by atoms with E-state index >= 15 is 0 Å². The number of hydrogen-bond donors (Lipinski definition) is 0. The third kappa shape index (κ3) is 2.63. The minimum Gasteiger partial charge on any atom is -0.491 e. The standard InChI is InChI=1S/C10H10Cl2O2/c1-6(2)14-7-3-9(11)8(5-13)10(12)4-7/h3-6H,1-2H3. The maximum Gasteiger partial charge on any atom is 0.153 e. The Bertz CT molecular complexity index is 325. The van der Waals surface area contributed by atoms with Crippen LogP contribution < -0.4 is 4.74 Å². The van der Waals surface area contributed by atoms with Crippen molar-refractivity contribution < 1.29 is 9.53 Å². The zero-order valence-corrected chi connectivity index (χ0v) is 9.39. The van der Waals surface area contributed by atoms with E-state index in [2.05, 4.69) is 0 Å². The van der Waals surface area contributed by atoms with Crippen molar-refractivity contribution in [2.45, 2.75) is 20.0 Å². The van der Waals surface area contributed by atoms with Crippen LogP contribution >= 0.6 is 23.2 Å². The Balaban J connectivity index is 3.07. The van der Waals surface area contributed by atoms with E-state index in [1.54, 1.807) is 12.1 Å². The van der Waals surface area contributed by atoms with Crippen LogP contribution in [-0.4, -0.2) is 12.4 Å². The molecular formula is C10H10Cl2O2. The van der Waals surface area contributed by atoms with Crippen molar-refractivity contribution >= 4 is 29.5 Å². The van der Waals surface area contributed by atoms with Gasteiger partial charge in [0.2, 0.25) is 0 Å². The molecule has 4 heteroatoms. The number of rotatable bonds is 3. The molecule has 0 aliphatic carbocycles. The molecule has 76 valence electrons. The largest absolute Gasteiger partial charge is 0.491 e.